The van der Waals surface area contributed by atoms with Crippen molar-refractivity contribution in [3.63, 3.8) is 0 Å². The Morgan fingerprint density at radius 2 is 2.00 bits per heavy atom. The summed E-state index contributed by atoms with van der Waals surface area (Å²) in [6.45, 7) is 0. The van der Waals surface area contributed by atoms with Gasteiger partial charge in [0.15, 0.2) is 0 Å². The summed E-state index contributed by atoms with van der Waals surface area (Å²) in [7, 11) is 0. The van der Waals surface area contributed by atoms with Crippen molar-refractivity contribution in [1.82, 2.24) is 0 Å². The van der Waals surface area contributed by atoms with E-state index in [2.05, 4.69) is 5.16 Å². The van der Waals surface area contributed by atoms with Crippen LogP contribution in [-0.4, -0.2) is 10.9 Å². The van der Waals surface area contributed by atoms with Crippen LogP contribution in [0.4, 0.5) is 0 Å². The Balaban J connectivity index is 2.68. The first kappa shape index (κ1) is 8.85. The molecule has 2 rings (SSSR count). The molecule has 1 aliphatic carbocycles. The molecule has 1 aromatic rings. The molecule has 0 saturated heterocycles. The molecule has 0 fully saturated rings. The second kappa shape index (κ2) is 3.20. The molecule has 0 spiro atoms. The molecule has 0 saturated carbocycles. The summed E-state index contributed by atoms with van der Waals surface area (Å²) in [4.78, 5) is 0. The number of hydrogen-bond acceptors (Lipinski definition) is 2. The Hall–Kier alpha value is -0.730. The molecule has 1 N–H and O–H groups in total. The summed E-state index contributed by atoms with van der Waals surface area (Å²) in [6.07, 6.45) is 1.59. The second-order valence-electron chi connectivity index (χ2n) is 2.94. The average Bonchev–Trinajstić information content (AvgIpc) is 2.55. The fourth-order valence-corrected chi connectivity index (χ4v) is 2.04. The molecule has 1 aliphatic rings. The summed E-state index contributed by atoms with van der Waals surface area (Å²) in [5.74, 6) is 0. The van der Waals surface area contributed by atoms with Crippen molar-refractivity contribution in [3.8, 4) is 0 Å². The number of halogens is 2. The quantitative estimate of drug-likeness (QED) is 0.524. The van der Waals surface area contributed by atoms with Gasteiger partial charge in [-0.15, -0.1) is 0 Å². The summed E-state index contributed by atoms with van der Waals surface area (Å²) in [6, 6.07) is 3.69. The van der Waals surface area contributed by atoms with Gasteiger partial charge in [-0.2, -0.15) is 0 Å². The third kappa shape index (κ3) is 1.30. The summed E-state index contributed by atoms with van der Waals surface area (Å²) in [5, 5.41) is 12.9. The van der Waals surface area contributed by atoms with E-state index in [1.165, 1.54) is 0 Å². The maximum Gasteiger partial charge on any atom is 0.0889 e. The normalized spacial score (nSPS) is 17.8. The summed E-state index contributed by atoms with van der Waals surface area (Å²) in [5.41, 5.74) is 2.53. The van der Waals surface area contributed by atoms with Gasteiger partial charge in [-0.3, -0.25) is 0 Å². The largest absolute Gasteiger partial charge is 0.411 e. The van der Waals surface area contributed by atoms with Gasteiger partial charge in [0.25, 0.3) is 0 Å². The van der Waals surface area contributed by atoms with E-state index in [4.69, 9.17) is 28.4 Å². The lowest BCUT2D eigenvalue weighted by atomic mass is 10.1. The number of aryl methyl sites for hydroxylation is 1. The van der Waals surface area contributed by atoms with Crippen molar-refractivity contribution in [2.75, 3.05) is 0 Å². The first-order valence-electron chi connectivity index (χ1n) is 3.92. The van der Waals surface area contributed by atoms with Crippen molar-refractivity contribution in [2.24, 2.45) is 5.16 Å². The van der Waals surface area contributed by atoms with Crippen LogP contribution in [-0.2, 0) is 6.42 Å². The standard InChI is InChI=1S/C9H7Cl2NO/c10-6-3-1-5-2-4-7(12-13)8(5)9(6)11/h1,3,13H,2,4H2. The zero-order valence-corrected chi connectivity index (χ0v) is 8.23. The number of oxime groups is 1. The van der Waals surface area contributed by atoms with Gasteiger partial charge in [0, 0.05) is 5.56 Å². The molecule has 0 unspecified atom stereocenters. The molecule has 1 aromatic carbocycles. The lowest BCUT2D eigenvalue weighted by molar-refractivity contribution is 0.318. The number of benzene rings is 1. The Morgan fingerprint density at radius 3 is 2.69 bits per heavy atom. The van der Waals surface area contributed by atoms with E-state index < -0.39 is 0 Å². The van der Waals surface area contributed by atoms with E-state index in [-0.39, 0.29) is 0 Å². The number of nitrogens with zero attached hydrogens (tertiary/aromatic N) is 1. The predicted octanol–water partition coefficient (Wildman–Crippen LogP) is 3.12. The topological polar surface area (TPSA) is 32.6 Å². The third-order valence-corrected chi connectivity index (χ3v) is 3.03. The molecule has 0 aromatic heterocycles. The zero-order chi connectivity index (χ0) is 9.42. The molecule has 0 aliphatic heterocycles. The second-order valence-corrected chi connectivity index (χ2v) is 3.73. The highest BCUT2D eigenvalue weighted by atomic mass is 35.5. The van der Waals surface area contributed by atoms with Gasteiger partial charge in [-0.25, -0.2) is 0 Å². The lowest BCUT2D eigenvalue weighted by Gasteiger charge is -2.03. The first-order chi connectivity index (χ1) is 6.24. The minimum atomic E-state index is 0.490. The predicted molar refractivity (Wildman–Crippen MR) is 53.1 cm³/mol. The Bertz CT molecular complexity index is 387. The lowest BCUT2D eigenvalue weighted by Crippen LogP contribution is -1.95. The van der Waals surface area contributed by atoms with Crippen LogP contribution in [0.15, 0.2) is 17.3 Å². The number of rotatable bonds is 0. The SMILES string of the molecule is ON=C1CCc2ccc(Cl)c(Cl)c21. The molecule has 0 atom stereocenters. The highest BCUT2D eigenvalue weighted by Gasteiger charge is 2.22. The van der Waals surface area contributed by atoms with Gasteiger partial charge in [-0.1, -0.05) is 34.4 Å². The Labute approximate surface area is 85.8 Å². The van der Waals surface area contributed by atoms with E-state index >= 15 is 0 Å². The van der Waals surface area contributed by atoms with Gasteiger partial charge >= 0.3 is 0 Å². The smallest absolute Gasteiger partial charge is 0.0889 e. The fourth-order valence-electron chi connectivity index (χ4n) is 1.59. The van der Waals surface area contributed by atoms with E-state index in [1.807, 2.05) is 6.07 Å². The molecular formula is C9H7Cl2NO. The van der Waals surface area contributed by atoms with Crippen LogP contribution in [0.3, 0.4) is 0 Å². The number of hydrogen-bond donors (Lipinski definition) is 1. The van der Waals surface area contributed by atoms with Crippen LogP contribution in [0.1, 0.15) is 17.5 Å². The van der Waals surface area contributed by atoms with Crippen LogP contribution in [0, 0.1) is 0 Å². The van der Waals surface area contributed by atoms with Crippen molar-refractivity contribution < 1.29 is 5.21 Å². The first-order valence-corrected chi connectivity index (χ1v) is 4.68. The maximum atomic E-state index is 8.71. The highest BCUT2D eigenvalue weighted by molar-refractivity contribution is 6.44. The highest BCUT2D eigenvalue weighted by Crippen LogP contribution is 2.34. The van der Waals surface area contributed by atoms with Crippen molar-refractivity contribution >= 4 is 28.9 Å². The van der Waals surface area contributed by atoms with Crippen LogP contribution < -0.4 is 0 Å². The van der Waals surface area contributed by atoms with Gasteiger partial charge < -0.3 is 5.21 Å². The van der Waals surface area contributed by atoms with Crippen LogP contribution in [0.2, 0.25) is 10.0 Å². The van der Waals surface area contributed by atoms with E-state index in [1.54, 1.807) is 6.07 Å². The molecule has 13 heavy (non-hydrogen) atoms. The molecule has 0 amide bonds. The fraction of sp³-hybridized carbons (Fsp3) is 0.222. The van der Waals surface area contributed by atoms with Gasteiger partial charge in [-0.05, 0) is 24.5 Å². The molecule has 2 nitrogen and oxygen atoms in total. The van der Waals surface area contributed by atoms with Crippen molar-refractivity contribution in [1.29, 1.82) is 0 Å². The molecule has 0 radical (unpaired) electrons. The molecule has 0 heterocycles. The van der Waals surface area contributed by atoms with Gasteiger partial charge in [0.2, 0.25) is 0 Å². The van der Waals surface area contributed by atoms with E-state index in [0.29, 0.717) is 15.8 Å². The van der Waals surface area contributed by atoms with E-state index in [0.717, 1.165) is 24.0 Å². The zero-order valence-electron chi connectivity index (χ0n) is 6.72. The van der Waals surface area contributed by atoms with Gasteiger partial charge in [0.05, 0.1) is 15.8 Å². The molecule has 4 heteroatoms. The molecule has 0 bridgehead atoms. The third-order valence-electron chi connectivity index (χ3n) is 2.22. The number of fused-ring (bicyclic) bond motifs is 1. The molecular weight excluding hydrogens is 209 g/mol. The minimum Gasteiger partial charge on any atom is -0.411 e. The van der Waals surface area contributed by atoms with Crippen LogP contribution >= 0.6 is 23.2 Å². The summed E-state index contributed by atoms with van der Waals surface area (Å²) >= 11 is 11.8. The molecule has 68 valence electrons. The Morgan fingerprint density at radius 1 is 1.23 bits per heavy atom. The maximum absolute atomic E-state index is 8.71. The van der Waals surface area contributed by atoms with Crippen molar-refractivity contribution in [3.05, 3.63) is 33.3 Å². The monoisotopic (exact) mass is 215 g/mol. The van der Waals surface area contributed by atoms with E-state index in [9.17, 15) is 0 Å². The van der Waals surface area contributed by atoms with Crippen molar-refractivity contribution in [2.45, 2.75) is 12.8 Å². The van der Waals surface area contributed by atoms with Gasteiger partial charge in [0.1, 0.15) is 0 Å². The van der Waals surface area contributed by atoms with Crippen LogP contribution in [0.5, 0.6) is 0 Å². The average molecular weight is 216 g/mol. The Kier molecular flexibility index (Phi) is 2.18. The summed E-state index contributed by atoms with van der Waals surface area (Å²) < 4.78 is 0. The van der Waals surface area contributed by atoms with Crippen LogP contribution in [0.25, 0.3) is 0 Å². The minimum absolute atomic E-state index is 0.490.